The predicted octanol–water partition coefficient (Wildman–Crippen LogP) is 3.41. The molecule has 1 rings (SSSR count). The van der Waals surface area contributed by atoms with Gasteiger partial charge >= 0.3 is 0 Å². The third-order valence-corrected chi connectivity index (χ3v) is 2.48. The number of unbranched alkanes of at least 4 members (excludes halogenated alkanes) is 2. The third-order valence-electron chi connectivity index (χ3n) is 2.48. The fourth-order valence-corrected chi connectivity index (χ4v) is 1.56. The second-order valence-electron chi connectivity index (χ2n) is 4.00. The van der Waals surface area contributed by atoms with Crippen LogP contribution in [0.15, 0.2) is 18.2 Å². The van der Waals surface area contributed by atoms with Crippen LogP contribution in [0.3, 0.4) is 0 Å². The number of para-hydroxylation sites is 1. The average Bonchev–Trinajstić information content (AvgIpc) is 2.25. The molecule has 90 valence electrons. The van der Waals surface area contributed by atoms with Crippen LogP contribution in [-0.2, 0) is 0 Å². The van der Waals surface area contributed by atoms with E-state index in [1.54, 1.807) is 6.07 Å². The Balaban J connectivity index is 2.69. The van der Waals surface area contributed by atoms with Crippen LogP contribution in [0.25, 0.3) is 0 Å². The van der Waals surface area contributed by atoms with Crippen molar-refractivity contribution in [3.63, 3.8) is 0 Å². The zero-order chi connectivity index (χ0) is 12.0. The van der Waals surface area contributed by atoms with E-state index in [9.17, 15) is 4.39 Å². The molecule has 2 nitrogen and oxygen atoms in total. The van der Waals surface area contributed by atoms with Crippen LogP contribution in [0.5, 0.6) is 5.75 Å². The number of nitrogens with two attached hydrogens (primary N) is 1. The fraction of sp³-hybridized carbons (Fsp3) is 0.538. The minimum Gasteiger partial charge on any atom is -0.490 e. The zero-order valence-electron chi connectivity index (χ0n) is 10.0. The molecule has 0 saturated carbocycles. The molecule has 0 fully saturated rings. The Kier molecular flexibility index (Phi) is 5.26. The van der Waals surface area contributed by atoms with Crippen molar-refractivity contribution in [2.24, 2.45) is 5.73 Å². The molecule has 0 spiro atoms. The Bertz CT molecular complexity index is 326. The monoisotopic (exact) mass is 225 g/mol. The molecule has 0 bridgehead atoms. The maximum absolute atomic E-state index is 13.5. The van der Waals surface area contributed by atoms with Crippen LogP contribution in [0.2, 0.25) is 0 Å². The Morgan fingerprint density at radius 3 is 2.75 bits per heavy atom. The van der Waals surface area contributed by atoms with Gasteiger partial charge in [-0.3, -0.25) is 0 Å². The lowest BCUT2D eigenvalue weighted by atomic mass is 10.1. The highest BCUT2D eigenvalue weighted by molar-refractivity contribution is 5.36. The van der Waals surface area contributed by atoms with Crippen molar-refractivity contribution in [1.29, 1.82) is 0 Å². The summed E-state index contributed by atoms with van der Waals surface area (Å²) in [6, 6.07) is 4.66. The summed E-state index contributed by atoms with van der Waals surface area (Å²) in [6.07, 6.45) is 3.17. The first-order valence-corrected chi connectivity index (χ1v) is 5.83. The van der Waals surface area contributed by atoms with Gasteiger partial charge < -0.3 is 10.5 Å². The van der Waals surface area contributed by atoms with E-state index in [0.29, 0.717) is 12.4 Å². The van der Waals surface area contributed by atoms with Gasteiger partial charge in [0.1, 0.15) is 0 Å². The smallest absolute Gasteiger partial charge is 0.165 e. The highest BCUT2D eigenvalue weighted by Gasteiger charge is 2.12. The highest BCUT2D eigenvalue weighted by atomic mass is 19.1. The number of benzene rings is 1. The summed E-state index contributed by atoms with van der Waals surface area (Å²) in [5, 5.41) is 0. The van der Waals surface area contributed by atoms with E-state index >= 15 is 0 Å². The molecule has 1 aromatic carbocycles. The van der Waals surface area contributed by atoms with Gasteiger partial charge in [-0.2, -0.15) is 0 Å². The van der Waals surface area contributed by atoms with E-state index in [4.69, 9.17) is 10.5 Å². The Morgan fingerprint density at radius 1 is 1.38 bits per heavy atom. The molecule has 16 heavy (non-hydrogen) atoms. The quantitative estimate of drug-likeness (QED) is 0.753. The summed E-state index contributed by atoms with van der Waals surface area (Å²) in [6.45, 7) is 4.50. The predicted molar refractivity (Wildman–Crippen MR) is 64.0 cm³/mol. The van der Waals surface area contributed by atoms with Gasteiger partial charge in [0.15, 0.2) is 11.6 Å². The van der Waals surface area contributed by atoms with Crippen LogP contribution in [0.1, 0.15) is 44.7 Å². The lowest BCUT2D eigenvalue weighted by molar-refractivity contribution is 0.287. The number of halogens is 1. The first-order chi connectivity index (χ1) is 7.66. The topological polar surface area (TPSA) is 35.2 Å². The lowest BCUT2D eigenvalue weighted by Gasteiger charge is -2.14. The Labute approximate surface area is 96.6 Å². The van der Waals surface area contributed by atoms with Crippen molar-refractivity contribution in [2.45, 2.75) is 39.2 Å². The minimum absolute atomic E-state index is 0.211. The second kappa shape index (κ2) is 6.48. The molecule has 0 aliphatic carbocycles. The van der Waals surface area contributed by atoms with Gasteiger partial charge in [0.25, 0.3) is 0 Å². The van der Waals surface area contributed by atoms with Crippen molar-refractivity contribution < 1.29 is 9.13 Å². The first-order valence-electron chi connectivity index (χ1n) is 5.83. The van der Waals surface area contributed by atoms with E-state index in [-0.39, 0.29) is 11.9 Å². The SMILES string of the molecule is CCCCCOc1c(F)cccc1C(C)N. The molecule has 0 amide bonds. The van der Waals surface area contributed by atoms with E-state index in [0.717, 1.165) is 24.8 Å². The molecule has 1 unspecified atom stereocenters. The summed E-state index contributed by atoms with van der Waals surface area (Å²) in [7, 11) is 0. The lowest BCUT2D eigenvalue weighted by Crippen LogP contribution is -2.10. The molecule has 1 atom stereocenters. The van der Waals surface area contributed by atoms with Gasteiger partial charge in [-0.25, -0.2) is 4.39 Å². The normalized spacial score (nSPS) is 12.5. The van der Waals surface area contributed by atoms with Crippen LogP contribution in [-0.4, -0.2) is 6.61 Å². The molecule has 3 heteroatoms. The molecule has 0 heterocycles. The van der Waals surface area contributed by atoms with Crippen molar-refractivity contribution >= 4 is 0 Å². The summed E-state index contributed by atoms with van der Waals surface area (Å²) in [5.41, 5.74) is 6.50. The van der Waals surface area contributed by atoms with Crippen molar-refractivity contribution in [1.82, 2.24) is 0 Å². The van der Waals surface area contributed by atoms with Crippen LogP contribution in [0.4, 0.5) is 4.39 Å². The minimum atomic E-state index is -0.328. The maximum Gasteiger partial charge on any atom is 0.165 e. The van der Waals surface area contributed by atoms with Crippen molar-refractivity contribution in [3.8, 4) is 5.75 Å². The number of rotatable bonds is 6. The number of ether oxygens (including phenoxy) is 1. The molecule has 0 aliphatic heterocycles. The van der Waals surface area contributed by atoms with Crippen molar-refractivity contribution in [3.05, 3.63) is 29.6 Å². The van der Waals surface area contributed by atoms with Crippen LogP contribution < -0.4 is 10.5 Å². The summed E-state index contributed by atoms with van der Waals surface area (Å²) in [4.78, 5) is 0. The molecule has 0 saturated heterocycles. The van der Waals surface area contributed by atoms with E-state index in [1.807, 2.05) is 13.0 Å². The molecule has 0 aromatic heterocycles. The summed E-state index contributed by atoms with van der Waals surface area (Å²) >= 11 is 0. The van der Waals surface area contributed by atoms with Gasteiger partial charge in [-0.15, -0.1) is 0 Å². The second-order valence-corrected chi connectivity index (χ2v) is 4.00. The van der Waals surface area contributed by atoms with Gasteiger partial charge in [-0.1, -0.05) is 31.9 Å². The number of hydrogen-bond acceptors (Lipinski definition) is 2. The molecular weight excluding hydrogens is 205 g/mol. The van der Waals surface area contributed by atoms with E-state index < -0.39 is 0 Å². The fourth-order valence-electron chi connectivity index (χ4n) is 1.56. The molecular formula is C13H20FNO. The standard InChI is InChI=1S/C13H20FNO/c1-3-4-5-9-16-13-11(10(2)15)7-6-8-12(13)14/h6-8,10H,3-5,9,15H2,1-2H3. The van der Waals surface area contributed by atoms with Gasteiger partial charge in [0, 0.05) is 11.6 Å². The molecule has 0 aliphatic rings. The van der Waals surface area contributed by atoms with Crippen LogP contribution in [0, 0.1) is 5.82 Å². The molecule has 1 aromatic rings. The summed E-state index contributed by atoms with van der Waals surface area (Å²) in [5.74, 6) is -0.0140. The van der Waals surface area contributed by atoms with E-state index in [2.05, 4.69) is 6.92 Å². The average molecular weight is 225 g/mol. The van der Waals surface area contributed by atoms with Gasteiger partial charge in [0.05, 0.1) is 6.61 Å². The van der Waals surface area contributed by atoms with Gasteiger partial charge in [0.2, 0.25) is 0 Å². The molecule has 0 radical (unpaired) electrons. The number of hydrogen-bond donors (Lipinski definition) is 1. The first kappa shape index (κ1) is 13.0. The highest BCUT2D eigenvalue weighted by Crippen LogP contribution is 2.27. The maximum atomic E-state index is 13.5. The van der Waals surface area contributed by atoms with Crippen LogP contribution >= 0.6 is 0 Å². The Morgan fingerprint density at radius 2 is 2.12 bits per heavy atom. The largest absolute Gasteiger partial charge is 0.490 e. The summed E-state index contributed by atoms with van der Waals surface area (Å²) < 4.78 is 19.0. The zero-order valence-corrected chi connectivity index (χ0v) is 10.0. The van der Waals surface area contributed by atoms with Gasteiger partial charge in [-0.05, 0) is 19.4 Å². The Hall–Kier alpha value is -1.09. The molecule has 2 N–H and O–H groups in total. The van der Waals surface area contributed by atoms with Crippen molar-refractivity contribution in [2.75, 3.05) is 6.61 Å². The van der Waals surface area contributed by atoms with E-state index in [1.165, 1.54) is 6.07 Å². The third kappa shape index (κ3) is 3.49.